The van der Waals surface area contributed by atoms with E-state index < -0.39 is 0 Å². The molecule has 0 radical (unpaired) electrons. The second-order valence-electron chi connectivity index (χ2n) is 2.61. The summed E-state index contributed by atoms with van der Waals surface area (Å²) in [7, 11) is 1.65. The van der Waals surface area contributed by atoms with E-state index in [0.29, 0.717) is 0 Å². The molecule has 14 heavy (non-hydrogen) atoms. The molecule has 0 N–H and O–H groups in total. The molecule has 0 aliphatic heterocycles. The Bertz CT molecular complexity index is 403. The van der Waals surface area contributed by atoms with Gasteiger partial charge in [-0.05, 0) is 0 Å². The van der Waals surface area contributed by atoms with Gasteiger partial charge < -0.3 is 21.7 Å². The van der Waals surface area contributed by atoms with Crippen molar-refractivity contribution in [2.45, 2.75) is 0 Å². The SMILES string of the molecule is COc1[c-]c2ccccc2cc1.[Br-].[Mg+2]. The first-order valence-corrected chi connectivity index (χ1v) is 3.85. The molecule has 2 aromatic carbocycles. The molecule has 0 saturated heterocycles. The maximum Gasteiger partial charge on any atom is 2.00 e. The van der Waals surface area contributed by atoms with Crippen LogP contribution in [0.1, 0.15) is 0 Å². The van der Waals surface area contributed by atoms with Gasteiger partial charge in [-0.1, -0.05) is 18.2 Å². The van der Waals surface area contributed by atoms with Crippen molar-refractivity contribution in [2.75, 3.05) is 7.11 Å². The van der Waals surface area contributed by atoms with Gasteiger partial charge in [0.2, 0.25) is 0 Å². The van der Waals surface area contributed by atoms with Crippen LogP contribution in [0.25, 0.3) is 10.8 Å². The van der Waals surface area contributed by atoms with Crippen molar-refractivity contribution in [1.29, 1.82) is 0 Å². The summed E-state index contributed by atoms with van der Waals surface area (Å²) in [6.45, 7) is 0. The number of hydrogen-bond acceptors (Lipinski definition) is 1. The van der Waals surface area contributed by atoms with Gasteiger partial charge in [-0.25, -0.2) is 0 Å². The average molecular weight is 261 g/mol. The van der Waals surface area contributed by atoms with Crippen LogP contribution < -0.4 is 21.7 Å². The molecule has 0 fully saturated rings. The molecule has 1 nitrogen and oxygen atoms in total. The summed E-state index contributed by atoms with van der Waals surface area (Å²) in [5.74, 6) is 0.786. The quantitative estimate of drug-likeness (QED) is 0.486. The normalized spacial score (nSPS) is 8.64. The molecule has 2 aromatic rings. The molecule has 0 spiro atoms. The van der Waals surface area contributed by atoms with E-state index in [9.17, 15) is 0 Å². The molecule has 0 saturated carbocycles. The van der Waals surface area contributed by atoms with Crippen molar-refractivity contribution in [3.8, 4) is 5.75 Å². The van der Waals surface area contributed by atoms with Crippen LogP contribution in [0.15, 0.2) is 36.4 Å². The molecule has 0 aromatic heterocycles. The molecular weight excluding hydrogens is 252 g/mol. The van der Waals surface area contributed by atoms with Crippen molar-refractivity contribution in [3.05, 3.63) is 42.5 Å². The largest absolute Gasteiger partial charge is 2.00 e. The monoisotopic (exact) mass is 260 g/mol. The van der Waals surface area contributed by atoms with Crippen LogP contribution in [0.2, 0.25) is 0 Å². The number of hydrogen-bond donors (Lipinski definition) is 0. The van der Waals surface area contributed by atoms with Gasteiger partial charge in [-0.3, -0.25) is 0 Å². The first kappa shape index (κ1) is 13.7. The Kier molecular flexibility index (Phi) is 6.16. The van der Waals surface area contributed by atoms with Crippen molar-refractivity contribution < 1.29 is 21.7 Å². The number of fused-ring (bicyclic) bond motifs is 1. The van der Waals surface area contributed by atoms with Crippen LogP contribution in [-0.4, -0.2) is 30.2 Å². The number of benzene rings is 2. The Morgan fingerprint density at radius 1 is 1.07 bits per heavy atom. The second-order valence-corrected chi connectivity index (χ2v) is 2.61. The maximum atomic E-state index is 5.07. The summed E-state index contributed by atoms with van der Waals surface area (Å²) in [6.07, 6.45) is 0. The van der Waals surface area contributed by atoms with Gasteiger partial charge in [0.15, 0.2) is 0 Å². The predicted molar refractivity (Wildman–Crippen MR) is 55.1 cm³/mol. The first-order valence-electron chi connectivity index (χ1n) is 3.85. The maximum absolute atomic E-state index is 5.07. The van der Waals surface area contributed by atoms with E-state index in [1.807, 2.05) is 30.3 Å². The van der Waals surface area contributed by atoms with E-state index in [0.717, 1.165) is 11.1 Å². The topological polar surface area (TPSA) is 9.23 Å². The fourth-order valence-electron chi connectivity index (χ4n) is 1.22. The van der Waals surface area contributed by atoms with Gasteiger partial charge in [-0.2, -0.15) is 0 Å². The van der Waals surface area contributed by atoms with Gasteiger partial charge in [0, 0.05) is 5.75 Å². The number of halogens is 1. The van der Waals surface area contributed by atoms with Crippen LogP contribution >= 0.6 is 0 Å². The van der Waals surface area contributed by atoms with E-state index in [1.165, 1.54) is 5.39 Å². The third kappa shape index (κ3) is 2.87. The molecule has 2 rings (SSSR count). The van der Waals surface area contributed by atoms with Crippen molar-refractivity contribution in [1.82, 2.24) is 0 Å². The van der Waals surface area contributed by atoms with Crippen molar-refractivity contribution in [3.63, 3.8) is 0 Å². The molecule has 0 unspecified atom stereocenters. The summed E-state index contributed by atoms with van der Waals surface area (Å²) >= 11 is 0. The van der Waals surface area contributed by atoms with E-state index in [4.69, 9.17) is 4.74 Å². The summed E-state index contributed by atoms with van der Waals surface area (Å²) in [5.41, 5.74) is 0. The Balaban J connectivity index is 0.000000845. The second kappa shape index (κ2) is 6.27. The Morgan fingerprint density at radius 2 is 1.79 bits per heavy atom. The standard InChI is InChI=1S/C11H9O.BrH.Mg/c1-12-11-7-6-9-4-2-3-5-10(9)8-11;;/h2-7H,1H3;1H;/q-1;;+2/p-1. The molecule has 0 heterocycles. The van der Waals surface area contributed by atoms with Gasteiger partial charge >= 0.3 is 23.1 Å². The van der Waals surface area contributed by atoms with E-state index in [-0.39, 0.29) is 40.0 Å². The fraction of sp³-hybridized carbons (Fsp3) is 0.0909. The van der Waals surface area contributed by atoms with Crippen LogP contribution in [0.3, 0.4) is 0 Å². The number of methoxy groups -OCH3 is 1. The van der Waals surface area contributed by atoms with Crippen molar-refractivity contribution in [2.24, 2.45) is 0 Å². The van der Waals surface area contributed by atoms with E-state index >= 15 is 0 Å². The van der Waals surface area contributed by atoms with Crippen LogP contribution in [0, 0.1) is 6.07 Å². The van der Waals surface area contributed by atoms with Crippen LogP contribution in [0.4, 0.5) is 0 Å². The number of rotatable bonds is 1. The Morgan fingerprint density at radius 3 is 2.50 bits per heavy atom. The molecule has 68 valence electrons. The third-order valence-corrected chi connectivity index (χ3v) is 1.85. The predicted octanol–water partition coefficient (Wildman–Crippen LogP) is -0.728. The van der Waals surface area contributed by atoms with Gasteiger partial charge in [0.05, 0.1) is 7.11 Å². The minimum atomic E-state index is 0. The van der Waals surface area contributed by atoms with Crippen LogP contribution in [0.5, 0.6) is 5.75 Å². The molecule has 0 aliphatic rings. The smallest absolute Gasteiger partial charge is 1.00 e. The van der Waals surface area contributed by atoms with E-state index in [1.54, 1.807) is 7.11 Å². The summed E-state index contributed by atoms with van der Waals surface area (Å²) in [5, 5.41) is 2.29. The molecule has 3 heteroatoms. The van der Waals surface area contributed by atoms with Gasteiger partial charge in [-0.15, -0.1) is 35.0 Å². The Labute approximate surface area is 110 Å². The molecule has 0 amide bonds. The summed E-state index contributed by atoms with van der Waals surface area (Å²) in [6, 6.07) is 15.2. The zero-order chi connectivity index (χ0) is 8.39. The zero-order valence-electron chi connectivity index (χ0n) is 7.96. The Hall–Kier alpha value is -0.254. The minimum absolute atomic E-state index is 0. The number of ether oxygens (including phenoxy) is 1. The fourth-order valence-corrected chi connectivity index (χ4v) is 1.22. The van der Waals surface area contributed by atoms with Crippen molar-refractivity contribution >= 4 is 33.8 Å². The van der Waals surface area contributed by atoms with E-state index in [2.05, 4.69) is 12.1 Å². The first-order chi connectivity index (χ1) is 5.90. The van der Waals surface area contributed by atoms with Crippen LogP contribution in [-0.2, 0) is 0 Å². The third-order valence-electron chi connectivity index (χ3n) is 1.85. The van der Waals surface area contributed by atoms with Gasteiger partial charge in [0.25, 0.3) is 0 Å². The molecular formula is C11H9BrMgO. The summed E-state index contributed by atoms with van der Waals surface area (Å²) in [4.78, 5) is 0. The molecule has 0 atom stereocenters. The average Bonchev–Trinajstić information content (AvgIpc) is 2.17. The summed E-state index contributed by atoms with van der Waals surface area (Å²) < 4.78 is 5.07. The molecule has 0 bridgehead atoms. The molecule has 0 aliphatic carbocycles. The van der Waals surface area contributed by atoms with Gasteiger partial charge in [0.1, 0.15) is 0 Å². The minimum Gasteiger partial charge on any atom is -1.00 e. The zero-order valence-corrected chi connectivity index (χ0v) is 11.0.